The SMILES string of the molecule is Cc1cc(C)c2c(c1)CC(=O)O2. The average Bonchev–Trinajstić information content (AvgIpc) is 2.29. The third-order valence-corrected chi connectivity index (χ3v) is 2.05. The zero-order chi connectivity index (χ0) is 8.72. The number of ether oxygens (including phenoxy) is 1. The van der Waals surface area contributed by atoms with Crippen LogP contribution in [0.2, 0.25) is 0 Å². The molecule has 0 spiro atoms. The summed E-state index contributed by atoms with van der Waals surface area (Å²) in [5.41, 5.74) is 3.26. The minimum absolute atomic E-state index is 0.140. The Morgan fingerprint density at radius 3 is 2.83 bits per heavy atom. The Balaban J connectivity index is 2.59. The van der Waals surface area contributed by atoms with Crippen molar-refractivity contribution in [1.29, 1.82) is 0 Å². The highest BCUT2D eigenvalue weighted by molar-refractivity contribution is 5.81. The van der Waals surface area contributed by atoms with E-state index >= 15 is 0 Å². The molecule has 12 heavy (non-hydrogen) atoms. The molecule has 1 aromatic carbocycles. The van der Waals surface area contributed by atoms with Gasteiger partial charge in [-0.25, -0.2) is 0 Å². The monoisotopic (exact) mass is 162 g/mol. The summed E-state index contributed by atoms with van der Waals surface area (Å²) in [5.74, 6) is 0.629. The highest BCUT2D eigenvalue weighted by Gasteiger charge is 2.21. The van der Waals surface area contributed by atoms with Gasteiger partial charge in [-0.1, -0.05) is 17.7 Å². The maximum Gasteiger partial charge on any atom is 0.315 e. The number of carbonyl (C=O) groups is 1. The summed E-state index contributed by atoms with van der Waals surface area (Å²) in [6.07, 6.45) is 0.428. The standard InChI is InChI=1S/C10H10O2/c1-6-3-7(2)10-8(4-6)5-9(11)12-10/h3-4H,5H2,1-2H3. The molecular formula is C10H10O2. The van der Waals surface area contributed by atoms with Crippen LogP contribution in [0.3, 0.4) is 0 Å². The minimum Gasteiger partial charge on any atom is -0.426 e. The van der Waals surface area contributed by atoms with Crippen molar-refractivity contribution < 1.29 is 9.53 Å². The van der Waals surface area contributed by atoms with Crippen molar-refractivity contribution in [2.45, 2.75) is 20.3 Å². The molecule has 0 amide bonds. The molecule has 0 unspecified atom stereocenters. The maximum absolute atomic E-state index is 10.9. The van der Waals surface area contributed by atoms with Gasteiger partial charge in [0.05, 0.1) is 6.42 Å². The number of aryl methyl sites for hydroxylation is 2. The molecule has 2 rings (SSSR count). The van der Waals surface area contributed by atoms with E-state index in [0.29, 0.717) is 6.42 Å². The van der Waals surface area contributed by atoms with Gasteiger partial charge in [-0.3, -0.25) is 4.79 Å². The highest BCUT2D eigenvalue weighted by Crippen LogP contribution is 2.30. The number of hydrogen-bond donors (Lipinski definition) is 0. The first-order valence-corrected chi connectivity index (χ1v) is 3.97. The van der Waals surface area contributed by atoms with Gasteiger partial charge in [0, 0.05) is 5.56 Å². The van der Waals surface area contributed by atoms with Crippen molar-refractivity contribution in [2.24, 2.45) is 0 Å². The van der Waals surface area contributed by atoms with Crippen LogP contribution in [0, 0.1) is 13.8 Å². The first-order chi connectivity index (χ1) is 5.66. The molecule has 0 fully saturated rings. The Bertz CT molecular complexity index is 353. The molecule has 0 N–H and O–H groups in total. The van der Waals surface area contributed by atoms with E-state index < -0.39 is 0 Å². The van der Waals surface area contributed by atoms with Crippen molar-refractivity contribution in [3.05, 3.63) is 28.8 Å². The molecule has 1 heterocycles. The summed E-state index contributed by atoms with van der Waals surface area (Å²) in [6.45, 7) is 3.99. The fourth-order valence-electron chi connectivity index (χ4n) is 1.63. The Morgan fingerprint density at radius 1 is 1.33 bits per heavy atom. The largest absolute Gasteiger partial charge is 0.426 e. The first-order valence-electron chi connectivity index (χ1n) is 3.97. The van der Waals surface area contributed by atoms with Crippen LogP contribution >= 0.6 is 0 Å². The number of carbonyl (C=O) groups excluding carboxylic acids is 1. The van der Waals surface area contributed by atoms with Gasteiger partial charge in [0.1, 0.15) is 5.75 Å². The third kappa shape index (κ3) is 0.998. The van der Waals surface area contributed by atoms with Gasteiger partial charge in [0.2, 0.25) is 0 Å². The molecule has 2 heteroatoms. The molecule has 0 aliphatic carbocycles. The molecule has 0 saturated heterocycles. The molecule has 0 bridgehead atoms. The molecule has 0 radical (unpaired) electrons. The summed E-state index contributed by atoms with van der Waals surface area (Å²) in [7, 11) is 0. The number of benzene rings is 1. The summed E-state index contributed by atoms with van der Waals surface area (Å²) in [4.78, 5) is 10.9. The second-order valence-corrected chi connectivity index (χ2v) is 3.22. The summed E-state index contributed by atoms with van der Waals surface area (Å²) in [5, 5.41) is 0. The second kappa shape index (κ2) is 2.34. The molecule has 1 aliphatic rings. The molecule has 0 aromatic heterocycles. The van der Waals surface area contributed by atoms with Crippen molar-refractivity contribution in [1.82, 2.24) is 0 Å². The Labute approximate surface area is 71.2 Å². The lowest BCUT2D eigenvalue weighted by Gasteiger charge is -2.02. The first kappa shape index (κ1) is 7.35. The number of fused-ring (bicyclic) bond motifs is 1. The molecule has 0 atom stereocenters. The third-order valence-electron chi connectivity index (χ3n) is 2.05. The Morgan fingerprint density at radius 2 is 2.08 bits per heavy atom. The van der Waals surface area contributed by atoms with Crippen LogP contribution in [-0.4, -0.2) is 5.97 Å². The van der Waals surface area contributed by atoms with E-state index in [-0.39, 0.29) is 5.97 Å². The number of hydrogen-bond acceptors (Lipinski definition) is 2. The summed E-state index contributed by atoms with van der Waals surface area (Å²) < 4.78 is 5.05. The smallest absolute Gasteiger partial charge is 0.315 e. The zero-order valence-corrected chi connectivity index (χ0v) is 7.18. The van der Waals surface area contributed by atoms with Gasteiger partial charge < -0.3 is 4.74 Å². The van der Waals surface area contributed by atoms with Gasteiger partial charge in [0.15, 0.2) is 0 Å². The molecule has 0 saturated carbocycles. The van der Waals surface area contributed by atoms with Crippen molar-refractivity contribution in [2.75, 3.05) is 0 Å². The number of rotatable bonds is 0. The van der Waals surface area contributed by atoms with Crippen molar-refractivity contribution >= 4 is 5.97 Å². The topological polar surface area (TPSA) is 26.3 Å². The zero-order valence-electron chi connectivity index (χ0n) is 7.18. The van der Waals surface area contributed by atoms with E-state index in [4.69, 9.17) is 4.74 Å². The van der Waals surface area contributed by atoms with Crippen LogP contribution in [0.4, 0.5) is 0 Å². The van der Waals surface area contributed by atoms with Crippen LogP contribution < -0.4 is 4.74 Å². The molecule has 2 nitrogen and oxygen atoms in total. The summed E-state index contributed by atoms with van der Waals surface area (Å²) in [6, 6.07) is 4.03. The van der Waals surface area contributed by atoms with E-state index in [0.717, 1.165) is 16.9 Å². The average molecular weight is 162 g/mol. The van der Waals surface area contributed by atoms with E-state index in [2.05, 4.69) is 0 Å². The predicted molar refractivity (Wildman–Crippen MR) is 45.3 cm³/mol. The van der Waals surface area contributed by atoms with Gasteiger partial charge >= 0.3 is 5.97 Å². The second-order valence-electron chi connectivity index (χ2n) is 3.22. The Kier molecular flexibility index (Phi) is 1.43. The molecule has 62 valence electrons. The van der Waals surface area contributed by atoms with Crippen molar-refractivity contribution in [3.8, 4) is 5.75 Å². The van der Waals surface area contributed by atoms with E-state index in [1.54, 1.807) is 0 Å². The van der Waals surface area contributed by atoms with Crippen LogP contribution in [0.25, 0.3) is 0 Å². The normalized spacial score (nSPS) is 14.3. The number of esters is 1. The lowest BCUT2D eigenvalue weighted by atomic mass is 10.1. The van der Waals surface area contributed by atoms with Gasteiger partial charge in [-0.05, 0) is 19.4 Å². The van der Waals surface area contributed by atoms with E-state index in [9.17, 15) is 4.79 Å². The quantitative estimate of drug-likeness (QED) is 0.429. The van der Waals surface area contributed by atoms with Gasteiger partial charge in [-0.15, -0.1) is 0 Å². The Hall–Kier alpha value is -1.31. The van der Waals surface area contributed by atoms with Crippen LogP contribution in [0.5, 0.6) is 5.75 Å². The molecular weight excluding hydrogens is 152 g/mol. The lowest BCUT2D eigenvalue weighted by molar-refractivity contribution is -0.131. The minimum atomic E-state index is -0.140. The van der Waals surface area contributed by atoms with Crippen LogP contribution in [0.1, 0.15) is 16.7 Å². The molecule has 1 aromatic rings. The van der Waals surface area contributed by atoms with E-state index in [1.165, 1.54) is 5.56 Å². The van der Waals surface area contributed by atoms with Crippen molar-refractivity contribution in [3.63, 3.8) is 0 Å². The highest BCUT2D eigenvalue weighted by atomic mass is 16.5. The van der Waals surface area contributed by atoms with Gasteiger partial charge in [-0.2, -0.15) is 0 Å². The predicted octanol–water partition coefficient (Wildman–Crippen LogP) is 1.76. The lowest BCUT2D eigenvalue weighted by Crippen LogP contribution is -2.00. The van der Waals surface area contributed by atoms with Gasteiger partial charge in [0.25, 0.3) is 0 Å². The van der Waals surface area contributed by atoms with Crippen LogP contribution in [0.15, 0.2) is 12.1 Å². The van der Waals surface area contributed by atoms with E-state index in [1.807, 2.05) is 26.0 Å². The fraction of sp³-hybridized carbons (Fsp3) is 0.300. The molecule has 1 aliphatic heterocycles. The fourth-order valence-corrected chi connectivity index (χ4v) is 1.63. The van der Waals surface area contributed by atoms with Crippen LogP contribution in [-0.2, 0) is 11.2 Å². The summed E-state index contributed by atoms with van der Waals surface area (Å²) >= 11 is 0. The maximum atomic E-state index is 10.9.